The molecule has 0 fully saturated rings. The molecule has 9 heteroatoms. The number of carbonyl (C=O) groups is 2. The lowest BCUT2D eigenvalue weighted by Crippen LogP contribution is -2.24. The summed E-state index contributed by atoms with van der Waals surface area (Å²) in [5.74, 6) is -0.0784. The first-order valence-corrected chi connectivity index (χ1v) is 9.84. The summed E-state index contributed by atoms with van der Waals surface area (Å²) in [4.78, 5) is 22.9. The highest BCUT2D eigenvalue weighted by Crippen LogP contribution is 2.20. The highest BCUT2D eigenvalue weighted by Gasteiger charge is 2.12. The van der Waals surface area contributed by atoms with Crippen LogP contribution < -0.4 is 19.7 Å². The summed E-state index contributed by atoms with van der Waals surface area (Å²) in [5.41, 5.74) is 1.70. The molecule has 0 heterocycles. The van der Waals surface area contributed by atoms with Gasteiger partial charge in [-0.3, -0.25) is 13.9 Å². The molecular formula is C18H21N3O5S. The third-order valence-corrected chi connectivity index (χ3v) is 4.76. The molecule has 2 aromatic carbocycles. The van der Waals surface area contributed by atoms with Crippen molar-refractivity contribution in [3.05, 3.63) is 48.5 Å². The molecule has 8 nitrogen and oxygen atoms in total. The van der Waals surface area contributed by atoms with Gasteiger partial charge in [0.15, 0.2) is 6.61 Å². The largest absolute Gasteiger partial charge is 0.484 e. The van der Waals surface area contributed by atoms with E-state index in [1.165, 1.54) is 14.0 Å². The summed E-state index contributed by atoms with van der Waals surface area (Å²) in [6.45, 7) is 1.22. The van der Waals surface area contributed by atoms with E-state index in [2.05, 4.69) is 10.6 Å². The molecule has 0 bridgehead atoms. The van der Waals surface area contributed by atoms with E-state index in [1.807, 2.05) is 0 Å². The summed E-state index contributed by atoms with van der Waals surface area (Å²) in [6, 6.07) is 13.0. The van der Waals surface area contributed by atoms with Crippen LogP contribution in [0, 0.1) is 0 Å². The Hall–Kier alpha value is -3.07. The number of benzene rings is 2. The van der Waals surface area contributed by atoms with Crippen LogP contribution in [0.3, 0.4) is 0 Å². The maximum Gasteiger partial charge on any atom is 0.262 e. The van der Waals surface area contributed by atoms with Gasteiger partial charge in [0.2, 0.25) is 15.9 Å². The monoisotopic (exact) mass is 391 g/mol. The van der Waals surface area contributed by atoms with Crippen molar-refractivity contribution in [3.8, 4) is 5.75 Å². The van der Waals surface area contributed by atoms with Crippen molar-refractivity contribution >= 4 is 38.9 Å². The summed E-state index contributed by atoms with van der Waals surface area (Å²) < 4.78 is 29.5. The standard InChI is InChI=1S/C18H21N3O5S/c1-13(22)19-14-4-6-15(7-5-14)20-18(23)12-26-17-10-8-16(9-11-17)21(2)27(3,24)25/h4-11H,12H2,1-3H3,(H,19,22)(H,20,23). The minimum Gasteiger partial charge on any atom is -0.484 e. The molecule has 0 aliphatic carbocycles. The quantitative estimate of drug-likeness (QED) is 0.752. The molecule has 0 saturated heterocycles. The zero-order valence-corrected chi connectivity index (χ0v) is 16.0. The Balaban J connectivity index is 1.87. The molecule has 2 aromatic rings. The van der Waals surface area contributed by atoms with E-state index in [-0.39, 0.29) is 18.4 Å². The maximum atomic E-state index is 12.0. The van der Waals surface area contributed by atoms with Crippen molar-refractivity contribution in [2.45, 2.75) is 6.92 Å². The number of sulfonamides is 1. The Labute approximate surface area is 158 Å². The van der Waals surface area contributed by atoms with Gasteiger partial charge >= 0.3 is 0 Å². The summed E-state index contributed by atoms with van der Waals surface area (Å²) in [6.07, 6.45) is 1.12. The number of nitrogens with zero attached hydrogens (tertiary/aromatic N) is 1. The van der Waals surface area contributed by atoms with Crippen LogP contribution in [0.15, 0.2) is 48.5 Å². The number of ether oxygens (including phenoxy) is 1. The number of nitrogens with one attached hydrogen (secondary N) is 2. The van der Waals surface area contributed by atoms with Gasteiger partial charge in [0, 0.05) is 25.3 Å². The Kier molecular flexibility index (Phi) is 6.40. The van der Waals surface area contributed by atoms with Gasteiger partial charge in [-0.15, -0.1) is 0 Å². The van der Waals surface area contributed by atoms with Crippen LogP contribution in [0.1, 0.15) is 6.92 Å². The lowest BCUT2D eigenvalue weighted by molar-refractivity contribution is -0.118. The molecule has 0 aromatic heterocycles. The smallest absolute Gasteiger partial charge is 0.262 e. The molecular weight excluding hydrogens is 370 g/mol. The van der Waals surface area contributed by atoms with Crippen LogP contribution in [-0.2, 0) is 19.6 Å². The maximum absolute atomic E-state index is 12.0. The number of hydrogen-bond acceptors (Lipinski definition) is 5. The number of carbonyl (C=O) groups excluding carboxylic acids is 2. The highest BCUT2D eigenvalue weighted by atomic mass is 32.2. The first-order chi connectivity index (χ1) is 12.6. The molecule has 0 aliphatic rings. The van der Waals surface area contributed by atoms with E-state index in [4.69, 9.17) is 4.74 Å². The summed E-state index contributed by atoms with van der Waals surface area (Å²) in [7, 11) is -1.88. The van der Waals surface area contributed by atoms with Gasteiger partial charge in [-0.05, 0) is 48.5 Å². The van der Waals surface area contributed by atoms with E-state index >= 15 is 0 Å². The van der Waals surface area contributed by atoms with Crippen molar-refractivity contribution in [3.63, 3.8) is 0 Å². The predicted molar refractivity (Wildman–Crippen MR) is 105 cm³/mol. The van der Waals surface area contributed by atoms with E-state index in [9.17, 15) is 18.0 Å². The summed E-state index contributed by atoms with van der Waals surface area (Å²) in [5, 5.41) is 5.31. The molecule has 2 N–H and O–H groups in total. The molecule has 0 unspecified atom stereocenters. The molecule has 0 saturated carbocycles. The van der Waals surface area contributed by atoms with Gasteiger partial charge in [0.1, 0.15) is 5.75 Å². The predicted octanol–water partition coefficient (Wildman–Crippen LogP) is 2.06. The fourth-order valence-corrected chi connectivity index (χ4v) is 2.63. The van der Waals surface area contributed by atoms with Crippen molar-refractivity contribution < 1.29 is 22.7 Å². The zero-order valence-electron chi connectivity index (χ0n) is 15.2. The van der Waals surface area contributed by atoms with Crippen LogP contribution >= 0.6 is 0 Å². The zero-order chi connectivity index (χ0) is 20.0. The van der Waals surface area contributed by atoms with E-state index in [0.29, 0.717) is 22.8 Å². The topological polar surface area (TPSA) is 105 Å². The van der Waals surface area contributed by atoms with Crippen LogP contribution in [0.2, 0.25) is 0 Å². The van der Waals surface area contributed by atoms with Crippen molar-refractivity contribution in [1.29, 1.82) is 0 Å². The molecule has 0 radical (unpaired) electrons. The van der Waals surface area contributed by atoms with Crippen molar-refractivity contribution in [2.75, 3.05) is 34.8 Å². The second-order valence-electron chi connectivity index (χ2n) is 5.82. The first-order valence-electron chi connectivity index (χ1n) is 7.99. The molecule has 27 heavy (non-hydrogen) atoms. The van der Waals surface area contributed by atoms with Crippen LogP contribution in [0.5, 0.6) is 5.75 Å². The number of anilines is 3. The Bertz CT molecular complexity index is 909. The fraction of sp³-hybridized carbons (Fsp3) is 0.222. The second-order valence-corrected chi connectivity index (χ2v) is 7.83. The molecule has 0 spiro atoms. The highest BCUT2D eigenvalue weighted by molar-refractivity contribution is 7.92. The molecule has 2 rings (SSSR count). The van der Waals surface area contributed by atoms with E-state index in [1.54, 1.807) is 48.5 Å². The van der Waals surface area contributed by atoms with Crippen molar-refractivity contribution in [1.82, 2.24) is 0 Å². The Morgan fingerprint density at radius 2 is 1.48 bits per heavy atom. The van der Waals surface area contributed by atoms with Crippen LogP contribution in [0.4, 0.5) is 17.1 Å². The lowest BCUT2D eigenvalue weighted by atomic mass is 10.2. The first kappa shape index (κ1) is 20.2. The third kappa shape index (κ3) is 6.30. The van der Waals surface area contributed by atoms with Gasteiger partial charge in [0.25, 0.3) is 5.91 Å². The second kappa shape index (κ2) is 8.54. The average molecular weight is 391 g/mol. The number of hydrogen-bond donors (Lipinski definition) is 2. The van der Waals surface area contributed by atoms with E-state index in [0.717, 1.165) is 10.6 Å². The van der Waals surface area contributed by atoms with Gasteiger partial charge in [0.05, 0.1) is 11.9 Å². The molecule has 0 aliphatic heterocycles. The number of amides is 2. The molecule has 144 valence electrons. The van der Waals surface area contributed by atoms with Gasteiger partial charge in [-0.2, -0.15) is 0 Å². The normalized spacial score (nSPS) is 10.8. The van der Waals surface area contributed by atoms with E-state index < -0.39 is 10.0 Å². The minimum atomic E-state index is -3.33. The average Bonchev–Trinajstić information content (AvgIpc) is 2.60. The van der Waals surface area contributed by atoms with Gasteiger partial charge < -0.3 is 15.4 Å². The van der Waals surface area contributed by atoms with Crippen molar-refractivity contribution in [2.24, 2.45) is 0 Å². The Morgan fingerprint density at radius 1 is 0.963 bits per heavy atom. The number of rotatable bonds is 7. The molecule has 2 amide bonds. The SMILES string of the molecule is CC(=O)Nc1ccc(NC(=O)COc2ccc(N(C)S(C)(=O)=O)cc2)cc1. The van der Waals surface area contributed by atoms with Gasteiger partial charge in [-0.25, -0.2) is 8.42 Å². The third-order valence-electron chi connectivity index (χ3n) is 3.56. The van der Waals surface area contributed by atoms with Crippen LogP contribution in [0.25, 0.3) is 0 Å². The molecule has 0 atom stereocenters. The lowest BCUT2D eigenvalue weighted by Gasteiger charge is -2.16. The summed E-state index contributed by atoms with van der Waals surface area (Å²) >= 11 is 0. The fourth-order valence-electron chi connectivity index (χ4n) is 2.13. The Morgan fingerprint density at radius 3 is 1.96 bits per heavy atom. The minimum absolute atomic E-state index is 0.172. The van der Waals surface area contributed by atoms with Gasteiger partial charge in [-0.1, -0.05) is 0 Å². The van der Waals surface area contributed by atoms with Crippen LogP contribution in [-0.4, -0.2) is 40.1 Å².